The second-order valence-electron chi connectivity index (χ2n) is 6.14. The molecule has 1 heterocycles. The van der Waals surface area contributed by atoms with E-state index in [4.69, 9.17) is 21.1 Å². The Morgan fingerprint density at radius 2 is 1.92 bits per heavy atom. The largest absolute Gasteiger partial charge is 0.495 e. The minimum absolute atomic E-state index is 0.0324. The van der Waals surface area contributed by atoms with E-state index in [0.29, 0.717) is 16.5 Å². The van der Waals surface area contributed by atoms with Gasteiger partial charge in [-0.05, 0) is 44.2 Å². The average molecular weight is 368 g/mol. The number of para-hydroxylation sites is 2. The zero-order valence-corrected chi connectivity index (χ0v) is 15.2. The molecule has 24 heavy (non-hydrogen) atoms. The van der Waals surface area contributed by atoms with Crippen LogP contribution in [0, 0.1) is 0 Å². The van der Waals surface area contributed by atoms with E-state index in [9.17, 15) is 8.42 Å². The third kappa shape index (κ3) is 2.91. The molecule has 1 aliphatic rings. The Balaban J connectivity index is 2.19. The first-order valence-corrected chi connectivity index (χ1v) is 9.21. The highest BCUT2D eigenvalue weighted by atomic mass is 35.5. The number of anilines is 1. The zero-order valence-electron chi connectivity index (χ0n) is 13.6. The highest BCUT2D eigenvalue weighted by molar-refractivity contribution is 7.93. The molecule has 3 rings (SSSR count). The van der Waals surface area contributed by atoms with Crippen molar-refractivity contribution in [1.29, 1.82) is 0 Å². The van der Waals surface area contributed by atoms with Crippen molar-refractivity contribution in [1.82, 2.24) is 0 Å². The Hall–Kier alpha value is -1.92. The van der Waals surface area contributed by atoms with Crippen molar-refractivity contribution in [2.45, 2.75) is 24.3 Å². The maximum atomic E-state index is 13.3. The van der Waals surface area contributed by atoms with E-state index in [0.717, 1.165) is 0 Å². The summed E-state index contributed by atoms with van der Waals surface area (Å²) in [7, 11) is -2.44. The molecule has 0 N–H and O–H groups in total. The number of rotatable bonds is 3. The maximum Gasteiger partial charge on any atom is 0.268 e. The molecular weight excluding hydrogens is 350 g/mol. The predicted molar refractivity (Wildman–Crippen MR) is 93.7 cm³/mol. The third-order valence-corrected chi connectivity index (χ3v) is 5.75. The summed E-state index contributed by atoms with van der Waals surface area (Å²) in [6.45, 7) is 3.88. The SMILES string of the molecule is COc1ccc(Cl)cc1S(=O)(=O)N1CC(C)(C)Oc2ccccc21. The van der Waals surface area contributed by atoms with Crippen LogP contribution in [0.2, 0.25) is 5.02 Å². The second kappa shape index (κ2) is 5.86. The van der Waals surface area contributed by atoms with Crippen LogP contribution in [0.25, 0.3) is 0 Å². The number of benzene rings is 2. The molecule has 128 valence electrons. The molecule has 0 atom stereocenters. The van der Waals surface area contributed by atoms with Gasteiger partial charge in [0, 0.05) is 5.02 Å². The van der Waals surface area contributed by atoms with E-state index in [2.05, 4.69) is 0 Å². The highest BCUT2D eigenvalue weighted by Crippen LogP contribution is 2.41. The van der Waals surface area contributed by atoms with Gasteiger partial charge in [-0.25, -0.2) is 8.42 Å². The Morgan fingerprint density at radius 1 is 1.21 bits per heavy atom. The van der Waals surface area contributed by atoms with Gasteiger partial charge in [-0.1, -0.05) is 23.7 Å². The molecule has 7 heteroatoms. The molecule has 2 aromatic carbocycles. The van der Waals surface area contributed by atoms with Gasteiger partial charge in [0.2, 0.25) is 0 Å². The minimum atomic E-state index is -3.87. The predicted octanol–water partition coefficient (Wildman–Crippen LogP) is 3.71. The van der Waals surface area contributed by atoms with Crippen LogP contribution in [0.4, 0.5) is 5.69 Å². The molecular formula is C17H18ClNO4S. The number of hydrogen-bond donors (Lipinski definition) is 0. The summed E-state index contributed by atoms with van der Waals surface area (Å²) in [6.07, 6.45) is 0. The van der Waals surface area contributed by atoms with E-state index in [1.54, 1.807) is 30.3 Å². The molecule has 2 aromatic rings. The monoisotopic (exact) mass is 367 g/mol. The van der Waals surface area contributed by atoms with Crippen molar-refractivity contribution in [3.63, 3.8) is 0 Å². The van der Waals surface area contributed by atoms with Gasteiger partial charge in [0.1, 0.15) is 22.0 Å². The summed E-state index contributed by atoms with van der Waals surface area (Å²) in [6, 6.07) is 11.6. The maximum absolute atomic E-state index is 13.3. The van der Waals surface area contributed by atoms with Crippen molar-refractivity contribution in [3.05, 3.63) is 47.5 Å². The van der Waals surface area contributed by atoms with Crippen LogP contribution >= 0.6 is 11.6 Å². The van der Waals surface area contributed by atoms with E-state index >= 15 is 0 Å². The van der Waals surface area contributed by atoms with Crippen molar-refractivity contribution >= 4 is 27.3 Å². The number of ether oxygens (including phenoxy) is 2. The quantitative estimate of drug-likeness (QED) is 0.829. The number of halogens is 1. The first-order chi connectivity index (χ1) is 11.2. The lowest BCUT2D eigenvalue weighted by Crippen LogP contribution is -2.49. The van der Waals surface area contributed by atoms with Crippen LogP contribution < -0.4 is 13.8 Å². The number of sulfonamides is 1. The fourth-order valence-corrected chi connectivity index (χ4v) is 4.74. The van der Waals surface area contributed by atoms with Crippen LogP contribution in [-0.2, 0) is 10.0 Å². The molecule has 0 radical (unpaired) electrons. The van der Waals surface area contributed by atoms with Gasteiger partial charge in [0.25, 0.3) is 10.0 Å². The molecule has 0 saturated heterocycles. The lowest BCUT2D eigenvalue weighted by molar-refractivity contribution is 0.110. The third-order valence-electron chi connectivity index (χ3n) is 3.74. The summed E-state index contributed by atoms with van der Waals surface area (Å²) < 4.78 is 39.1. The highest BCUT2D eigenvalue weighted by Gasteiger charge is 2.39. The lowest BCUT2D eigenvalue weighted by atomic mass is 10.1. The van der Waals surface area contributed by atoms with Gasteiger partial charge >= 0.3 is 0 Å². The summed E-state index contributed by atoms with van der Waals surface area (Å²) in [5.74, 6) is 0.777. The summed E-state index contributed by atoms with van der Waals surface area (Å²) >= 11 is 6.01. The van der Waals surface area contributed by atoms with E-state index < -0.39 is 15.6 Å². The molecule has 0 saturated carbocycles. The number of methoxy groups -OCH3 is 1. The lowest BCUT2D eigenvalue weighted by Gasteiger charge is -2.40. The Kier molecular flexibility index (Phi) is 4.13. The second-order valence-corrected chi connectivity index (χ2v) is 8.40. The van der Waals surface area contributed by atoms with E-state index in [-0.39, 0.29) is 17.2 Å². The Labute approximate surface area is 146 Å². The Morgan fingerprint density at radius 3 is 2.62 bits per heavy atom. The Bertz CT molecular complexity index is 880. The van der Waals surface area contributed by atoms with Gasteiger partial charge in [0.05, 0.1) is 19.3 Å². The number of nitrogens with zero attached hydrogens (tertiary/aromatic N) is 1. The van der Waals surface area contributed by atoms with Crippen molar-refractivity contribution < 1.29 is 17.9 Å². The molecule has 1 aliphatic heterocycles. The van der Waals surface area contributed by atoms with Gasteiger partial charge in [0.15, 0.2) is 0 Å². The average Bonchev–Trinajstić information content (AvgIpc) is 2.53. The molecule has 0 aromatic heterocycles. The number of fused-ring (bicyclic) bond motifs is 1. The first-order valence-electron chi connectivity index (χ1n) is 7.39. The summed E-state index contributed by atoms with van der Waals surface area (Å²) in [5.41, 5.74) is -0.161. The van der Waals surface area contributed by atoms with Gasteiger partial charge in [-0.2, -0.15) is 0 Å². The van der Waals surface area contributed by atoms with Crippen molar-refractivity contribution in [2.24, 2.45) is 0 Å². The van der Waals surface area contributed by atoms with Crippen molar-refractivity contribution in [3.8, 4) is 11.5 Å². The first kappa shape index (κ1) is 16.9. The number of hydrogen-bond acceptors (Lipinski definition) is 4. The minimum Gasteiger partial charge on any atom is -0.495 e. The molecule has 0 fully saturated rings. The van der Waals surface area contributed by atoms with Crippen molar-refractivity contribution in [2.75, 3.05) is 18.0 Å². The molecule has 0 aliphatic carbocycles. The molecule has 0 unspecified atom stereocenters. The van der Waals surface area contributed by atoms with Crippen LogP contribution in [0.15, 0.2) is 47.4 Å². The van der Waals surface area contributed by atoms with E-state index in [1.807, 2.05) is 19.9 Å². The van der Waals surface area contributed by atoms with Crippen LogP contribution in [0.3, 0.4) is 0 Å². The van der Waals surface area contributed by atoms with Gasteiger partial charge in [-0.3, -0.25) is 4.31 Å². The fourth-order valence-electron chi connectivity index (χ4n) is 2.70. The van der Waals surface area contributed by atoms with Gasteiger partial charge in [-0.15, -0.1) is 0 Å². The van der Waals surface area contributed by atoms with Crippen LogP contribution in [0.1, 0.15) is 13.8 Å². The molecule has 5 nitrogen and oxygen atoms in total. The van der Waals surface area contributed by atoms with Crippen LogP contribution in [0.5, 0.6) is 11.5 Å². The van der Waals surface area contributed by atoms with Crippen LogP contribution in [-0.4, -0.2) is 27.7 Å². The summed E-state index contributed by atoms with van der Waals surface area (Å²) in [5, 5.41) is 0.329. The smallest absolute Gasteiger partial charge is 0.268 e. The molecule has 0 spiro atoms. The fraction of sp³-hybridized carbons (Fsp3) is 0.294. The normalized spacial score (nSPS) is 16.2. The molecule has 0 amide bonds. The topological polar surface area (TPSA) is 55.8 Å². The molecule has 0 bridgehead atoms. The zero-order chi connectivity index (χ0) is 17.5. The summed E-state index contributed by atoms with van der Waals surface area (Å²) in [4.78, 5) is 0.0324. The van der Waals surface area contributed by atoms with Gasteiger partial charge < -0.3 is 9.47 Å². The van der Waals surface area contributed by atoms with E-state index in [1.165, 1.54) is 17.5 Å². The standard InChI is InChI=1S/C17H18ClNO4S/c1-17(2)11-19(13-6-4-5-7-14(13)23-17)24(20,21)16-10-12(18)8-9-15(16)22-3/h4-10H,11H2,1-3H3.